The number of carbonyl (C=O) groups excluding carboxylic acids is 1. The minimum Gasteiger partial charge on any atom is -0.379 e. The van der Waals surface area contributed by atoms with Crippen molar-refractivity contribution in [2.75, 3.05) is 39.4 Å². The summed E-state index contributed by atoms with van der Waals surface area (Å²) in [5.74, 6) is 1.63. The second-order valence-electron chi connectivity index (χ2n) is 7.89. The summed E-state index contributed by atoms with van der Waals surface area (Å²) in [4.78, 5) is 22.0. The molecule has 0 saturated carbocycles. The molecule has 1 amide bonds. The highest BCUT2D eigenvalue weighted by Crippen LogP contribution is 2.22. The number of ether oxygens (including phenoxy) is 1. The van der Waals surface area contributed by atoms with E-state index < -0.39 is 0 Å². The number of nitrogens with zero attached hydrogens (tertiary/aromatic N) is 6. The molecule has 0 unspecified atom stereocenters. The van der Waals surface area contributed by atoms with Gasteiger partial charge >= 0.3 is 0 Å². The molecule has 0 aliphatic carbocycles. The van der Waals surface area contributed by atoms with Crippen LogP contribution in [0.25, 0.3) is 5.78 Å². The average molecular weight is 358 g/mol. The van der Waals surface area contributed by atoms with Crippen molar-refractivity contribution in [3.63, 3.8) is 0 Å². The quantitative estimate of drug-likeness (QED) is 0.810. The number of hydrogen-bond acceptors (Lipinski definition) is 6. The van der Waals surface area contributed by atoms with Crippen molar-refractivity contribution >= 4 is 11.7 Å². The molecule has 8 nitrogen and oxygen atoms in total. The largest absolute Gasteiger partial charge is 0.379 e. The Morgan fingerprint density at radius 3 is 2.92 bits per heavy atom. The Balaban J connectivity index is 1.62. The van der Waals surface area contributed by atoms with E-state index in [2.05, 4.69) is 33.9 Å². The summed E-state index contributed by atoms with van der Waals surface area (Å²) < 4.78 is 7.52. The molecule has 2 saturated heterocycles. The number of aromatic nitrogens is 4. The van der Waals surface area contributed by atoms with E-state index in [0.717, 1.165) is 25.3 Å². The first-order valence-corrected chi connectivity index (χ1v) is 9.30. The van der Waals surface area contributed by atoms with Gasteiger partial charge in [-0.2, -0.15) is 0 Å². The van der Waals surface area contributed by atoms with Crippen LogP contribution in [0, 0.1) is 18.8 Å². The molecular formula is C18H26N6O2. The number of amides is 1. The highest BCUT2D eigenvalue weighted by atomic mass is 16.5. The van der Waals surface area contributed by atoms with E-state index in [0.29, 0.717) is 43.2 Å². The molecule has 2 fully saturated rings. The second-order valence-corrected chi connectivity index (χ2v) is 7.89. The first kappa shape index (κ1) is 17.4. The molecule has 0 N–H and O–H groups in total. The third-order valence-electron chi connectivity index (χ3n) is 5.04. The van der Waals surface area contributed by atoms with Gasteiger partial charge in [0, 0.05) is 44.0 Å². The molecule has 26 heavy (non-hydrogen) atoms. The lowest BCUT2D eigenvalue weighted by molar-refractivity contribution is 0.0412. The molecular weight excluding hydrogens is 332 g/mol. The van der Waals surface area contributed by atoms with Crippen molar-refractivity contribution in [1.82, 2.24) is 29.4 Å². The van der Waals surface area contributed by atoms with Gasteiger partial charge in [-0.15, -0.1) is 10.2 Å². The predicted octanol–water partition coefficient (Wildman–Crippen LogP) is 0.862. The highest BCUT2D eigenvalue weighted by Gasteiger charge is 2.37. The van der Waals surface area contributed by atoms with E-state index >= 15 is 0 Å². The molecule has 2 aliphatic heterocycles. The summed E-state index contributed by atoms with van der Waals surface area (Å²) in [7, 11) is 0. The van der Waals surface area contributed by atoms with Gasteiger partial charge in [0.05, 0.1) is 19.3 Å². The summed E-state index contributed by atoms with van der Waals surface area (Å²) in [6, 6.07) is 1.90. The predicted molar refractivity (Wildman–Crippen MR) is 95.9 cm³/mol. The third-order valence-corrected chi connectivity index (χ3v) is 5.04. The van der Waals surface area contributed by atoms with Crippen LogP contribution in [0.2, 0.25) is 0 Å². The number of hydrogen-bond donors (Lipinski definition) is 0. The Bertz CT molecular complexity index is 804. The summed E-state index contributed by atoms with van der Waals surface area (Å²) in [5, 5.41) is 8.20. The normalized spacial score (nSPS) is 24.2. The minimum absolute atomic E-state index is 0.0412. The van der Waals surface area contributed by atoms with Crippen LogP contribution in [-0.2, 0) is 4.74 Å². The highest BCUT2D eigenvalue weighted by molar-refractivity contribution is 5.91. The molecule has 4 rings (SSSR count). The zero-order chi connectivity index (χ0) is 18.3. The van der Waals surface area contributed by atoms with E-state index in [-0.39, 0.29) is 11.9 Å². The van der Waals surface area contributed by atoms with Gasteiger partial charge in [-0.05, 0) is 18.9 Å². The van der Waals surface area contributed by atoms with Crippen LogP contribution in [-0.4, -0.2) is 80.7 Å². The lowest BCUT2D eigenvalue weighted by atomic mass is 10.1. The monoisotopic (exact) mass is 358 g/mol. The van der Waals surface area contributed by atoms with Crippen molar-refractivity contribution in [3.05, 3.63) is 23.8 Å². The van der Waals surface area contributed by atoms with Crippen LogP contribution < -0.4 is 0 Å². The van der Waals surface area contributed by atoms with Gasteiger partial charge in [0.2, 0.25) is 5.82 Å². The van der Waals surface area contributed by atoms with Gasteiger partial charge in [-0.3, -0.25) is 9.20 Å². The van der Waals surface area contributed by atoms with Gasteiger partial charge in [0.25, 0.3) is 11.7 Å². The fourth-order valence-electron chi connectivity index (χ4n) is 4.00. The van der Waals surface area contributed by atoms with Crippen molar-refractivity contribution in [3.8, 4) is 0 Å². The van der Waals surface area contributed by atoms with Crippen LogP contribution in [0.4, 0.5) is 0 Å². The van der Waals surface area contributed by atoms with E-state index in [1.54, 1.807) is 4.40 Å². The summed E-state index contributed by atoms with van der Waals surface area (Å²) in [6.45, 7) is 11.2. The first-order valence-electron chi connectivity index (χ1n) is 9.30. The molecule has 8 heteroatoms. The first-order chi connectivity index (χ1) is 12.5. The van der Waals surface area contributed by atoms with Crippen LogP contribution in [0.5, 0.6) is 0 Å². The van der Waals surface area contributed by atoms with Crippen molar-refractivity contribution < 1.29 is 9.53 Å². The Kier molecular flexibility index (Phi) is 4.62. The topological polar surface area (TPSA) is 75.9 Å². The van der Waals surface area contributed by atoms with Gasteiger partial charge in [0.1, 0.15) is 0 Å². The van der Waals surface area contributed by atoms with Crippen LogP contribution in [0.3, 0.4) is 0 Å². The second kappa shape index (κ2) is 6.92. The van der Waals surface area contributed by atoms with Gasteiger partial charge in [0.15, 0.2) is 0 Å². The van der Waals surface area contributed by atoms with E-state index in [1.165, 1.54) is 0 Å². The maximum absolute atomic E-state index is 13.3. The van der Waals surface area contributed by atoms with Gasteiger partial charge in [-0.25, -0.2) is 4.98 Å². The zero-order valence-corrected chi connectivity index (χ0v) is 15.6. The Morgan fingerprint density at radius 2 is 2.12 bits per heavy atom. The van der Waals surface area contributed by atoms with E-state index in [4.69, 9.17) is 4.74 Å². The molecule has 2 bridgehead atoms. The zero-order valence-electron chi connectivity index (χ0n) is 15.6. The maximum atomic E-state index is 13.3. The SMILES string of the molecule is Cc1ccn2c(C(=O)N3C[C@H]4COC[C@@H]3CN(CC(C)C)C4)nnc2n1. The summed E-state index contributed by atoms with van der Waals surface area (Å²) >= 11 is 0. The Labute approximate surface area is 153 Å². The molecule has 2 aromatic heterocycles. The summed E-state index contributed by atoms with van der Waals surface area (Å²) in [6.07, 6.45) is 1.82. The summed E-state index contributed by atoms with van der Waals surface area (Å²) in [5.41, 5.74) is 0.854. The van der Waals surface area contributed by atoms with E-state index in [1.807, 2.05) is 24.1 Å². The van der Waals surface area contributed by atoms with Gasteiger partial charge in [-0.1, -0.05) is 13.8 Å². The number of aryl methyl sites for hydroxylation is 1. The standard InChI is InChI=1S/C18H26N6O2/c1-12(2)6-22-7-14-8-24(15(9-22)11-26-10-14)17(25)16-20-21-18-19-13(3)4-5-23(16)18/h4-5,12,14-15H,6-11H2,1-3H3/t14-,15-/m0/s1. The average Bonchev–Trinajstić information content (AvgIpc) is 2.77. The molecule has 140 valence electrons. The lowest BCUT2D eigenvalue weighted by Gasteiger charge is -2.31. The fraction of sp³-hybridized carbons (Fsp3) is 0.667. The minimum atomic E-state index is -0.0879. The maximum Gasteiger partial charge on any atom is 0.292 e. The van der Waals surface area contributed by atoms with Crippen LogP contribution in [0.15, 0.2) is 12.3 Å². The molecule has 0 radical (unpaired) electrons. The fourth-order valence-corrected chi connectivity index (χ4v) is 4.00. The molecule has 2 aliphatic rings. The Hall–Kier alpha value is -2.06. The van der Waals surface area contributed by atoms with Crippen LogP contribution >= 0.6 is 0 Å². The van der Waals surface area contributed by atoms with Gasteiger partial charge < -0.3 is 14.5 Å². The van der Waals surface area contributed by atoms with Crippen molar-refractivity contribution in [2.24, 2.45) is 11.8 Å². The molecule has 2 atom stereocenters. The van der Waals surface area contributed by atoms with Crippen molar-refractivity contribution in [2.45, 2.75) is 26.8 Å². The smallest absolute Gasteiger partial charge is 0.292 e. The Morgan fingerprint density at radius 1 is 1.27 bits per heavy atom. The van der Waals surface area contributed by atoms with Crippen molar-refractivity contribution in [1.29, 1.82) is 0 Å². The van der Waals surface area contributed by atoms with E-state index in [9.17, 15) is 4.79 Å². The molecule has 0 aromatic carbocycles. The number of rotatable bonds is 3. The molecule has 2 aromatic rings. The lowest BCUT2D eigenvalue weighted by Crippen LogP contribution is -2.47. The number of carbonyl (C=O) groups is 1. The van der Waals surface area contributed by atoms with Crippen LogP contribution in [0.1, 0.15) is 30.2 Å². The third kappa shape index (κ3) is 3.31. The molecule has 4 heterocycles. The number of fused-ring (bicyclic) bond motifs is 4. The molecule has 0 spiro atoms.